The summed E-state index contributed by atoms with van der Waals surface area (Å²) >= 11 is 0. The van der Waals surface area contributed by atoms with Crippen molar-refractivity contribution in [3.63, 3.8) is 0 Å². The molecule has 188 valence electrons. The second-order valence-electron chi connectivity index (χ2n) is 7.90. The Hall–Kier alpha value is -4.30. The number of aliphatic hydroxyl groups is 1. The average molecular weight is 490 g/mol. The van der Waals surface area contributed by atoms with E-state index >= 15 is 0 Å². The maximum Gasteiger partial charge on any atom is 0.412 e. The van der Waals surface area contributed by atoms with Crippen molar-refractivity contribution in [1.82, 2.24) is 0 Å². The number of hydrogen-bond donors (Lipinski definition) is 4. The maximum atomic E-state index is 12.6. The van der Waals surface area contributed by atoms with Gasteiger partial charge in [0.25, 0.3) is 0 Å². The molecule has 2 amide bonds. The van der Waals surface area contributed by atoms with Crippen molar-refractivity contribution in [3.8, 4) is 5.75 Å². The molecule has 0 heterocycles. The second kappa shape index (κ2) is 14.2. The van der Waals surface area contributed by atoms with Crippen LogP contribution in [-0.4, -0.2) is 30.3 Å². The van der Waals surface area contributed by atoms with E-state index in [-0.39, 0.29) is 19.1 Å². The minimum absolute atomic E-state index is 0.129. The molecule has 0 aliphatic rings. The summed E-state index contributed by atoms with van der Waals surface area (Å²) in [4.78, 5) is 24.8. The summed E-state index contributed by atoms with van der Waals surface area (Å²) in [7, 11) is 0. The average Bonchev–Trinajstić information content (AvgIpc) is 2.88. The third kappa shape index (κ3) is 8.48. The van der Waals surface area contributed by atoms with Gasteiger partial charge in [-0.2, -0.15) is 0 Å². The van der Waals surface area contributed by atoms with Gasteiger partial charge in [0.1, 0.15) is 18.5 Å². The number of allylic oxidation sites excluding steroid dienone is 1. The first-order valence-electron chi connectivity index (χ1n) is 11.7. The van der Waals surface area contributed by atoms with Crippen molar-refractivity contribution >= 4 is 29.1 Å². The molecule has 1 atom stereocenters. The largest absolute Gasteiger partial charge is 0.491 e. The van der Waals surface area contributed by atoms with Gasteiger partial charge in [0.15, 0.2) is 0 Å². The van der Waals surface area contributed by atoms with Gasteiger partial charge in [0.05, 0.1) is 18.0 Å². The molecular formula is C28H31N3O5. The molecule has 0 aliphatic carbocycles. The SMILES string of the molecule is Nc1ccccc1NC(=O)/C=C/CCC[C@H](OC(=O)Nc1ccccc1)c1ccccc1OCCO. The van der Waals surface area contributed by atoms with Crippen molar-refractivity contribution in [2.45, 2.75) is 25.4 Å². The Morgan fingerprint density at radius 1 is 0.944 bits per heavy atom. The van der Waals surface area contributed by atoms with Crippen molar-refractivity contribution in [2.75, 3.05) is 29.6 Å². The Labute approximate surface area is 210 Å². The topological polar surface area (TPSA) is 123 Å². The van der Waals surface area contributed by atoms with Crippen molar-refractivity contribution < 1.29 is 24.2 Å². The summed E-state index contributed by atoms with van der Waals surface area (Å²) in [6, 6.07) is 23.4. The maximum absolute atomic E-state index is 12.6. The molecular weight excluding hydrogens is 458 g/mol. The Balaban J connectivity index is 1.61. The molecule has 0 saturated carbocycles. The Kier molecular flexibility index (Phi) is 10.4. The summed E-state index contributed by atoms with van der Waals surface area (Å²) < 4.78 is 11.4. The van der Waals surface area contributed by atoms with Gasteiger partial charge >= 0.3 is 6.09 Å². The predicted octanol–water partition coefficient (Wildman–Crippen LogP) is 5.29. The first-order valence-corrected chi connectivity index (χ1v) is 11.7. The van der Waals surface area contributed by atoms with E-state index in [9.17, 15) is 9.59 Å². The van der Waals surface area contributed by atoms with Gasteiger partial charge in [0, 0.05) is 11.3 Å². The van der Waals surface area contributed by atoms with E-state index in [4.69, 9.17) is 20.3 Å². The zero-order valence-electron chi connectivity index (χ0n) is 19.9. The van der Waals surface area contributed by atoms with E-state index in [2.05, 4.69) is 10.6 Å². The summed E-state index contributed by atoms with van der Waals surface area (Å²) in [5.41, 5.74) is 8.24. The number of nitrogen functional groups attached to an aromatic ring is 1. The number of aliphatic hydroxyl groups excluding tert-OH is 1. The molecule has 0 radical (unpaired) electrons. The standard InChI is InChI=1S/C28H31N3O5/c29-23-14-8-9-15-24(23)31-27(33)18-6-2-5-17-26(22-13-7-10-16-25(22)35-20-19-32)36-28(34)30-21-11-3-1-4-12-21/h1,3-4,6-16,18,26,32H,2,5,17,19-20,29H2,(H,30,34)(H,31,33)/b18-6+/t26-/m0/s1. The van der Waals surface area contributed by atoms with Gasteiger partial charge in [0.2, 0.25) is 5.91 Å². The zero-order valence-corrected chi connectivity index (χ0v) is 19.9. The van der Waals surface area contributed by atoms with Gasteiger partial charge < -0.3 is 25.6 Å². The smallest absolute Gasteiger partial charge is 0.412 e. The van der Waals surface area contributed by atoms with Crippen LogP contribution in [0.4, 0.5) is 21.9 Å². The van der Waals surface area contributed by atoms with Crippen LogP contribution in [-0.2, 0) is 9.53 Å². The van der Waals surface area contributed by atoms with Gasteiger partial charge in [-0.1, -0.05) is 54.6 Å². The normalized spacial score (nSPS) is 11.6. The van der Waals surface area contributed by atoms with E-state index < -0.39 is 12.2 Å². The third-order valence-electron chi connectivity index (χ3n) is 5.21. The first kappa shape index (κ1) is 26.3. The van der Waals surface area contributed by atoms with Crippen molar-refractivity contribution in [1.29, 1.82) is 0 Å². The van der Waals surface area contributed by atoms with Gasteiger partial charge in [-0.3, -0.25) is 10.1 Å². The zero-order chi connectivity index (χ0) is 25.6. The van der Waals surface area contributed by atoms with E-state index in [1.165, 1.54) is 6.08 Å². The molecule has 8 heteroatoms. The van der Waals surface area contributed by atoms with Crippen molar-refractivity contribution in [3.05, 3.63) is 96.6 Å². The number of ether oxygens (including phenoxy) is 2. The van der Waals surface area contributed by atoms with Crippen LogP contribution < -0.4 is 21.1 Å². The molecule has 3 rings (SSSR count). The number of carbonyl (C=O) groups excluding carboxylic acids is 2. The predicted molar refractivity (Wildman–Crippen MR) is 141 cm³/mol. The molecule has 36 heavy (non-hydrogen) atoms. The van der Waals surface area contributed by atoms with Crippen LogP contribution in [0.15, 0.2) is 91.0 Å². The third-order valence-corrected chi connectivity index (χ3v) is 5.21. The van der Waals surface area contributed by atoms with E-state index in [0.717, 1.165) is 0 Å². The van der Waals surface area contributed by atoms with E-state index in [1.54, 1.807) is 48.5 Å². The van der Waals surface area contributed by atoms with Gasteiger partial charge in [-0.25, -0.2) is 4.79 Å². The van der Waals surface area contributed by atoms with Crippen molar-refractivity contribution in [2.24, 2.45) is 0 Å². The van der Waals surface area contributed by atoms with Crippen LogP contribution in [0.2, 0.25) is 0 Å². The lowest BCUT2D eigenvalue weighted by Gasteiger charge is -2.21. The van der Waals surface area contributed by atoms with Crippen LogP contribution in [0.5, 0.6) is 5.75 Å². The Morgan fingerprint density at radius 2 is 1.67 bits per heavy atom. The second-order valence-corrected chi connectivity index (χ2v) is 7.90. The van der Waals surface area contributed by atoms with E-state index in [0.29, 0.717) is 47.6 Å². The number of amides is 2. The van der Waals surface area contributed by atoms with E-state index in [1.807, 2.05) is 36.4 Å². The summed E-state index contributed by atoms with van der Waals surface area (Å²) in [5, 5.41) is 14.6. The lowest BCUT2D eigenvalue weighted by molar-refractivity contribution is -0.111. The number of hydrogen-bond acceptors (Lipinski definition) is 6. The number of benzene rings is 3. The molecule has 3 aromatic rings. The molecule has 3 aromatic carbocycles. The molecule has 0 fully saturated rings. The van der Waals surface area contributed by atoms with Gasteiger partial charge in [-0.05, 0) is 55.7 Å². The highest BCUT2D eigenvalue weighted by atomic mass is 16.6. The lowest BCUT2D eigenvalue weighted by atomic mass is 10.0. The monoisotopic (exact) mass is 489 g/mol. The van der Waals surface area contributed by atoms with Crippen LogP contribution >= 0.6 is 0 Å². The minimum atomic E-state index is -0.588. The molecule has 5 N–H and O–H groups in total. The Morgan fingerprint density at radius 3 is 2.44 bits per heavy atom. The summed E-state index contributed by atoms with van der Waals surface area (Å²) in [6.07, 6.45) is 3.80. The van der Waals surface area contributed by atoms with Gasteiger partial charge in [-0.15, -0.1) is 0 Å². The quantitative estimate of drug-likeness (QED) is 0.156. The highest BCUT2D eigenvalue weighted by molar-refractivity contribution is 6.01. The number of rotatable bonds is 12. The number of nitrogens with one attached hydrogen (secondary N) is 2. The number of carbonyl (C=O) groups is 2. The van der Waals surface area contributed by atoms with Crippen LogP contribution in [0.3, 0.4) is 0 Å². The first-order chi connectivity index (χ1) is 17.6. The molecule has 0 unspecified atom stereocenters. The Bertz CT molecular complexity index is 1150. The number of unbranched alkanes of at least 4 members (excludes halogenated alkanes) is 1. The molecule has 0 bridgehead atoms. The fourth-order valence-electron chi connectivity index (χ4n) is 3.51. The number of para-hydroxylation sites is 4. The lowest BCUT2D eigenvalue weighted by Crippen LogP contribution is -2.18. The highest BCUT2D eigenvalue weighted by Crippen LogP contribution is 2.32. The van der Waals surface area contributed by atoms with Crippen LogP contribution in [0.25, 0.3) is 0 Å². The minimum Gasteiger partial charge on any atom is -0.491 e. The molecule has 0 aromatic heterocycles. The highest BCUT2D eigenvalue weighted by Gasteiger charge is 2.20. The molecule has 0 saturated heterocycles. The molecule has 8 nitrogen and oxygen atoms in total. The fourth-order valence-corrected chi connectivity index (χ4v) is 3.51. The molecule has 0 aliphatic heterocycles. The molecule has 0 spiro atoms. The number of anilines is 3. The fraction of sp³-hybridized carbons (Fsp3) is 0.214. The summed E-state index contributed by atoms with van der Waals surface area (Å²) in [5.74, 6) is 0.269. The summed E-state index contributed by atoms with van der Waals surface area (Å²) in [6.45, 7) is -0.000432. The number of nitrogens with two attached hydrogens (primary N) is 1. The van der Waals surface area contributed by atoms with Crippen LogP contribution in [0.1, 0.15) is 30.9 Å². The van der Waals surface area contributed by atoms with Crippen LogP contribution in [0, 0.1) is 0 Å².